The number of nitro benzene ring substituents is 1. The predicted molar refractivity (Wildman–Crippen MR) is 122 cm³/mol. The molecule has 3 aliphatic rings. The van der Waals surface area contributed by atoms with Gasteiger partial charge in [0, 0.05) is 17.7 Å². The predicted octanol–water partition coefficient (Wildman–Crippen LogP) is 4.83. The van der Waals surface area contributed by atoms with E-state index >= 15 is 0 Å². The monoisotopic (exact) mass is 425 g/mol. The van der Waals surface area contributed by atoms with Gasteiger partial charge in [0.15, 0.2) is 6.10 Å². The maximum absolute atomic E-state index is 11.2. The fourth-order valence-corrected chi connectivity index (χ4v) is 5.85. The molecule has 0 bridgehead atoms. The third-order valence-electron chi connectivity index (χ3n) is 7.15. The number of nitrogens with zero attached hydrogens (tertiary/aromatic N) is 3. The van der Waals surface area contributed by atoms with Crippen molar-refractivity contribution in [3.8, 4) is 0 Å². The van der Waals surface area contributed by atoms with Crippen molar-refractivity contribution in [2.75, 3.05) is 13.1 Å². The molecule has 3 atom stereocenters. The van der Waals surface area contributed by atoms with Crippen molar-refractivity contribution >= 4 is 11.4 Å². The van der Waals surface area contributed by atoms with Crippen molar-refractivity contribution in [2.45, 2.75) is 30.4 Å². The van der Waals surface area contributed by atoms with Crippen molar-refractivity contribution in [2.24, 2.45) is 5.16 Å². The molecule has 1 saturated heterocycles. The minimum absolute atomic E-state index is 0.0623. The van der Waals surface area contributed by atoms with Gasteiger partial charge in [0.05, 0.1) is 10.8 Å². The van der Waals surface area contributed by atoms with Crippen LogP contribution in [0.15, 0.2) is 84.0 Å². The first-order valence-electron chi connectivity index (χ1n) is 11.1. The molecule has 6 heteroatoms. The van der Waals surface area contributed by atoms with E-state index < -0.39 is 5.54 Å². The number of rotatable bonds is 4. The third-order valence-corrected chi connectivity index (χ3v) is 7.15. The van der Waals surface area contributed by atoms with E-state index in [0.29, 0.717) is 0 Å². The number of nitro groups is 1. The average molecular weight is 425 g/mol. The Morgan fingerprint density at radius 1 is 0.938 bits per heavy atom. The Morgan fingerprint density at radius 2 is 1.62 bits per heavy atom. The highest BCUT2D eigenvalue weighted by Crippen LogP contribution is 2.57. The molecule has 3 aromatic rings. The van der Waals surface area contributed by atoms with E-state index in [9.17, 15) is 10.1 Å². The minimum Gasteiger partial charge on any atom is -0.388 e. The molecule has 3 aromatic carbocycles. The number of non-ortho nitro benzene ring substituents is 1. The summed E-state index contributed by atoms with van der Waals surface area (Å²) in [5.41, 5.74) is 5.00. The zero-order valence-corrected chi connectivity index (χ0v) is 17.6. The summed E-state index contributed by atoms with van der Waals surface area (Å²) in [6.45, 7) is 1.95. The van der Waals surface area contributed by atoms with Gasteiger partial charge in [-0.2, -0.15) is 0 Å². The Bertz CT molecular complexity index is 1200. The first-order chi connectivity index (χ1) is 15.7. The van der Waals surface area contributed by atoms with E-state index in [1.165, 1.54) is 16.7 Å². The van der Waals surface area contributed by atoms with E-state index in [2.05, 4.69) is 58.6 Å². The maximum atomic E-state index is 11.2. The van der Waals surface area contributed by atoms with Gasteiger partial charge >= 0.3 is 0 Å². The number of hydrogen-bond acceptors (Lipinski definition) is 5. The molecule has 6 rings (SSSR count). The zero-order chi connectivity index (χ0) is 21.7. The number of hydrogen-bond donors (Lipinski definition) is 0. The third kappa shape index (κ3) is 2.59. The molecule has 160 valence electrons. The van der Waals surface area contributed by atoms with Gasteiger partial charge in [0.2, 0.25) is 0 Å². The molecule has 32 heavy (non-hydrogen) atoms. The Kier molecular flexibility index (Phi) is 4.36. The quantitative estimate of drug-likeness (QED) is 0.443. The smallest absolute Gasteiger partial charge is 0.269 e. The van der Waals surface area contributed by atoms with Crippen LogP contribution < -0.4 is 0 Å². The molecule has 0 radical (unpaired) electrons. The highest BCUT2D eigenvalue weighted by Gasteiger charge is 2.64. The second-order valence-electron chi connectivity index (χ2n) is 8.71. The largest absolute Gasteiger partial charge is 0.388 e. The van der Waals surface area contributed by atoms with Crippen LogP contribution in [0.5, 0.6) is 0 Å². The molecule has 0 unspecified atom stereocenters. The van der Waals surface area contributed by atoms with Crippen molar-refractivity contribution in [3.63, 3.8) is 0 Å². The minimum atomic E-state index is -0.510. The van der Waals surface area contributed by atoms with Crippen LogP contribution in [0.4, 0.5) is 5.69 Å². The Hall–Kier alpha value is -3.51. The van der Waals surface area contributed by atoms with Gasteiger partial charge in [-0.3, -0.25) is 15.0 Å². The van der Waals surface area contributed by atoms with E-state index in [1.54, 1.807) is 24.3 Å². The van der Waals surface area contributed by atoms with Gasteiger partial charge in [-0.15, -0.1) is 0 Å². The summed E-state index contributed by atoms with van der Waals surface area (Å²) < 4.78 is 0. The lowest BCUT2D eigenvalue weighted by Crippen LogP contribution is -2.54. The zero-order valence-electron chi connectivity index (χ0n) is 17.6. The topological polar surface area (TPSA) is 68.0 Å². The summed E-state index contributed by atoms with van der Waals surface area (Å²) in [4.78, 5) is 19.6. The second kappa shape index (κ2) is 7.28. The van der Waals surface area contributed by atoms with Crippen LogP contribution in [0.1, 0.15) is 41.0 Å². The van der Waals surface area contributed by atoms with Gasteiger partial charge in [-0.1, -0.05) is 59.8 Å². The van der Waals surface area contributed by atoms with Crippen LogP contribution in [0.25, 0.3) is 0 Å². The summed E-state index contributed by atoms with van der Waals surface area (Å²) in [6.07, 6.45) is 2.09. The van der Waals surface area contributed by atoms with Crippen LogP contribution >= 0.6 is 0 Å². The molecule has 6 nitrogen and oxygen atoms in total. The van der Waals surface area contributed by atoms with E-state index in [4.69, 9.17) is 4.84 Å². The number of benzene rings is 3. The van der Waals surface area contributed by atoms with Crippen molar-refractivity contribution in [1.82, 2.24) is 4.90 Å². The highest BCUT2D eigenvalue weighted by atomic mass is 16.6. The Balaban J connectivity index is 1.56. The standard InChI is InChI=1S/C26H23N3O3/c30-29(31)20-14-12-19(13-15-20)24-26(28-16-6-7-17-28)22-11-5-4-10-21(22)23(25(26)32-27-24)18-8-2-1-3-9-18/h1-5,8-15,23,25H,6-7,16-17H2/t23-,25+,26-/m0/s1. The molecule has 1 aliphatic carbocycles. The van der Waals surface area contributed by atoms with Gasteiger partial charge in [-0.05, 0) is 54.8 Å². The molecule has 2 heterocycles. The van der Waals surface area contributed by atoms with Gasteiger partial charge in [-0.25, -0.2) is 0 Å². The maximum Gasteiger partial charge on any atom is 0.269 e. The summed E-state index contributed by atoms with van der Waals surface area (Å²) in [5.74, 6) is 0.0623. The van der Waals surface area contributed by atoms with Crippen molar-refractivity contribution in [3.05, 3.63) is 111 Å². The lowest BCUT2D eigenvalue weighted by molar-refractivity contribution is -0.384. The first-order valence-corrected chi connectivity index (χ1v) is 11.1. The average Bonchev–Trinajstić information content (AvgIpc) is 3.54. The molecule has 0 N–H and O–H groups in total. The summed E-state index contributed by atoms with van der Waals surface area (Å²) in [7, 11) is 0. The van der Waals surface area contributed by atoms with Crippen molar-refractivity contribution in [1.29, 1.82) is 0 Å². The lowest BCUT2D eigenvalue weighted by Gasteiger charge is -2.39. The highest BCUT2D eigenvalue weighted by molar-refractivity contribution is 6.10. The SMILES string of the molecule is O=[N+]([O-])c1ccc(C2=NO[C@@H]3[C@@H](c4ccccc4)c4ccccc4[C@]23N2CCCC2)cc1. The molecule has 0 aromatic heterocycles. The summed E-state index contributed by atoms with van der Waals surface area (Å²) in [6, 6.07) is 25.8. The van der Waals surface area contributed by atoms with Crippen LogP contribution in [-0.4, -0.2) is 34.7 Å². The number of fused-ring (bicyclic) bond motifs is 3. The summed E-state index contributed by atoms with van der Waals surface area (Å²) >= 11 is 0. The van der Waals surface area contributed by atoms with Crippen LogP contribution in [-0.2, 0) is 10.4 Å². The van der Waals surface area contributed by atoms with Crippen LogP contribution in [0, 0.1) is 10.1 Å². The molecule has 1 fully saturated rings. The van der Waals surface area contributed by atoms with E-state index in [-0.39, 0.29) is 22.6 Å². The van der Waals surface area contributed by atoms with Crippen LogP contribution in [0.3, 0.4) is 0 Å². The van der Waals surface area contributed by atoms with Gasteiger partial charge in [0.25, 0.3) is 5.69 Å². The molecule has 0 spiro atoms. The Morgan fingerprint density at radius 3 is 2.34 bits per heavy atom. The number of likely N-dealkylation sites (tertiary alicyclic amines) is 1. The van der Waals surface area contributed by atoms with E-state index in [0.717, 1.165) is 37.2 Å². The summed E-state index contributed by atoms with van der Waals surface area (Å²) in [5, 5.41) is 15.9. The van der Waals surface area contributed by atoms with Gasteiger partial charge < -0.3 is 4.84 Å². The van der Waals surface area contributed by atoms with Crippen molar-refractivity contribution < 1.29 is 9.76 Å². The fourth-order valence-electron chi connectivity index (χ4n) is 5.85. The Labute approximate surface area is 186 Å². The van der Waals surface area contributed by atoms with Gasteiger partial charge in [0.1, 0.15) is 11.3 Å². The lowest BCUT2D eigenvalue weighted by atomic mass is 9.79. The molecule has 0 amide bonds. The molecular weight excluding hydrogens is 402 g/mol. The van der Waals surface area contributed by atoms with E-state index in [1.807, 2.05) is 6.07 Å². The number of oxime groups is 1. The molecular formula is C26H23N3O3. The van der Waals surface area contributed by atoms with Crippen LogP contribution in [0.2, 0.25) is 0 Å². The second-order valence-corrected chi connectivity index (χ2v) is 8.71. The molecule has 2 aliphatic heterocycles. The first kappa shape index (κ1) is 19.2. The fraction of sp³-hybridized carbons (Fsp3) is 0.269. The normalized spacial score (nSPS) is 26.3. The molecule has 0 saturated carbocycles.